The Morgan fingerprint density at radius 3 is 2.42 bits per heavy atom. The predicted molar refractivity (Wildman–Crippen MR) is 87.3 cm³/mol. The van der Waals surface area contributed by atoms with Gasteiger partial charge < -0.3 is 0 Å². The molecule has 1 aromatic rings. The molecule has 0 radical (unpaired) electrons. The van der Waals surface area contributed by atoms with Crippen LogP contribution in [-0.4, -0.2) is 31.1 Å². The number of carbonyl (C=O) groups excluding carboxylic acids is 1. The van der Waals surface area contributed by atoms with Gasteiger partial charge in [0.25, 0.3) is 5.91 Å². The molecule has 104 valence electrons. The third kappa shape index (κ3) is 3.91. The fourth-order valence-electron chi connectivity index (χ4n) is 1.96. The number of halogens is 2. The molecule has 0 spiro atoms. The van der Waals surface area contributed by atoms with Gasteiger partial charge in [0.2, 0.25) is 0 Å². The second-order valence-electron chi connectivity index (χ2n) is 4.36. The number of benzene rings is 1. The Hall–Kier alpha value is -0.650. The molecule has 1 atom stereocenters. The highest BCUT2D eigenvalue weighted by molar-refractivity contribution is 9.13. The van der Waals surface area contributed by atoms with Crippen molar-refractivity contribution in [3.63, 3.8) is 0 Å². The lowest BCUT2D eigenvalue weighted by molar-refractivity contribution is -0.115. The van der Waals surface area contributed by atoms with Crippen molar-refractivity contribution >= 4 is 43.5 Å². The number of anilines is 1. The Kier molecular flexibility index (Phi) is 6.23. The lowest BCUT2D eigenvalue weighted by Crippen LogP contribution is -2.47. The van der Waals surface area contributed by atoms with Gasteiger partial charge in [0.05, 0.1) is 6.17 Å². The van der Waals surface area contributed by atoms with Crippen molar-refractivity contribution in [2.45, 2.75) is 19.5 Å². The van der Waals surface area contributed by atoms with Crippen molar-refractivity contribution in [1.82, 2.24) is 4.90 Å². The van der Waals surface area contributed by atoms with E-state index in [4.69, 9.17) is 0 Å². The van der Waals surface area contributed by atoms with Crippen LogP contribution in [0.15, 0.2) is 39.8 Å². The van der Waals surface area contributed by atoms with Gasteiger partial charge in [0, 0.05) is 14.6 Å². The third-order valence-corrected chi connectivity index (χ3v) is 4.73. The zero-order chi connectivity index (χ0) is 14.6. The summed E-state index contributed by atoms with van der Waals surface area (Å²) in [6, 6.07) is 5.77. The van der Waals surface area contributed by atoms with Crippen LogP contribution in [0.5, 0.6) is 0 Å². The maximum atomic E-state index is 12.2. The molecule has 0 fully saturated rings. The zero-order valence-corrected chi connectivity index (χ0v) is 14.5. The smallest absolute Gasteiger partial charge is 0.251 e. The SMILES string of the molecule is C=CC(=O)N(c1ccc(Br)c(Br)c1)C(CC)N(C)C. The maximum absolute atomic E-state index is 12.2. The van der Waals surface area contributed by atoms with E-state index in [0.717, 1.165) is 21.1 Å². The standard InChI is InChI=1S/C14H18Br2N2O/c1-5-13(17(3)4)18(14(19)6-2)10-7-8-11(15)12(16)9-10/h6-9,13H,2,5H2,1,3-4H3. The fraction of sp³-hybridized carbons (Fsp3) is 0.357. The molecule has 0 aromatic heterocycles. The summed E-state index contributed by atoms with van der Waals surface area (Å²) in [6.07, 6.45) is 2.18. The summed E-state index contributed by atoms with van der Waals surface area (Å²) in [4.78, 5) is 15.9. The zero-order valence-electron chi connectivity index (χ0n) is 11.4. The molecular weight excluding hydrogens is 372 g/mol. The molecule has 1 aromatic carbocycles. The quantitative estimate of drug-likeness (QED) is 0.560. The summed E-state index contributed by atoms with van der Waals surface area (Å²) in [5.74, 6) is -0.102. The topological polar surface area (TPSA) is 23.6 Å². The monoisotopic (exact) mass is 388 g/mol. The highest BCUT2D eigenvalue weighted by atomic mass is 79.9. The van der Waals surface area contributed by atoms with E-state index in [2.05, 4.69) is 45.4 Å². The van der Waals surface area contributed by atoms with E-state index in [1.807, 2.05) is 37.2 Å². The van der Waals surface area contributed by atoms with E-state index >= 15 is 0 Å². The van der Waals surface area contributed by atoms with Gasteiger partial charge in [-0.1, -0.05) is 13.5 Å². The van der Waals surface area contributed by atoms with E-state index < -0.39 is 0 Å². The van der Waals surface area contributed by atoms with Crippen LogP contribution in [0.1, 0.15) is 13.3 Å². The van der Waals surface area contributed by atoms with Crippen molar-refractivity contribution < 1.29 is 4.79 Å². The molecule has 0 bridgehead atoms. The first-order valence-electron chi connectivity index (χ1n) is 5.99. The van der Waals surface area contributed by atoms with E-state index in [0.29, 0.717) is 0 Å². The molecule has 1 rings (SSSR count). The van der Waals surface area contributed by atoms with Crippen LogP contribution in [0.25, 0.3) is 0 Å². The maximum Gasteiger partial charge on any atom is 0.251 e. The van der Waals surface area contributed by atoms with Crippen LogP contribution in [0.4, 0.5) is 5.69 Å². The molecule has 0 N–H and O–H groups in total. The summed E-state index contributed by atoms with van der Waals surface area (Å²) in [5, 5.41) is 0. The summed E-state index contributed by atoms with van der Waals surface area (Å²) >= 11 is 6.90. The summed E-state index contributed by atoms with van der Waals surface area (Å²) in [7, 11) is 3.93. The van der Waals surface area contributed by atoms with Crippen LogP contribution in [0.3, 0.4) is 0 Å². The minimum atomic E-state index is -0.102. The van der Waals surface area contributed by atoms with Gasteiger partial charge in [-0.15, -0.1) is 0 Å². The Labute approximate surface area is 131 Å². The van der Waals surface area contributed by atoms with Crippen molar-refractivity contribution in [3.05, 3.63) is 39.8 Å². The Balaban J connectivity index is 3.26. The van der Waals surface area contributed by atoms with E-state index in [1.54, 1.807) is 4.90 Å². The van der Waals surface area contributed by atoms with Gasteiger partial charge >= 0.3 is 0 Å². The number of hydrogen-bond acceptors (Lipinski definition) is 2. The number of amides is 1. The Morgan fingerprint density at radius 2 is 2.00 bits per heavy atom. The number of rotatable bonds is 5. The molecule has 0 saturated carbocycles. The van der Waals surface area contributed by atoms with Crippen LogP contribution >= 0.6 is 31.9 Å². The van der Waals surface area contributed by atoms with Crippen LogP contribution < -0.4 is 4.90 Å². The average molecular weight is 390 g/mol. The van der Waals surface area contributed by atoms with Crippen LogP contribution in [0.2, 0.25) is 0 Å². The van der Waals surface area contributed by atoms with Crippen LogP contribution in [0, 0.1) is 0 Å². The molecule has 5 heteroatoms. The van der Waals surface area contributed by atoms with Gasteiger partial charge in [0.15, 0.2) is 0 Å². The highest BCUT2D eigenvalue weighted by Gasteiger charge is 2.24. The first kappa shape index (κ1) is 16.4. The van der Waals surface area contributed by atoms with Gasteiger partial charge in [-0.3, -0.25) is 14.6 Å². The molecule has 0 aliphatic rings. The number of nitrogens with zero attached hydrogens (tertiary/aromatic N) is 2. The third-order valence-electron chi connectivity index (χ3n) is 2.85. The molecular formula is C14H18Br2N2O. The number of hydrogen-bond donors (Lipinski definition) is 0. The molecule has 1 amide bonds. The molecule has 1 unspecified atom stereocenters. The van der Waals surface area contributed by atoms with E-state index in [9.17, 15) is 4.79 Å². The van der Waals surface area contributed by atoms with Crippen molar-refractivity contribution in [1.29, 1.82) is 0 Å². The van der Waals surface area contributed by atoms with E-state index in [1.165, 1.54) is 6.08 Å². The lowest BCUT2D eigenvalue weighted by Gasteiger charge is -2.35. The van der Waals surface area contributed by atoms with Crippen LogP contribution in [-0.2, 0) is 4.79 Å². The summed E-state index contributed by atoms with van der Waals surface area (Å²) in [5.41, 5.74) is 0.848. The Morgan fingerprint density at radius 1 is 1.37 bits per heavy atom. The van der Waals surface area contributed by atoms with Gasteiger partial charge in [-0.2, -0.15) is 0 Å². The average Bonchev–Trinajstić information content (AvgIpc) is 2.38. The normalized spacial score (nSPS) is 12.3. The highest BCUT2D eigenvalue weighted by Crippen LogP contribution is 2.29. The summed E-state index contributed by atoms with van der Waals surface area (Å²) in [6.45, 7) is 5.65. The predicted octanol–water partition coefficient (Wildman–Crippen LogP) is 4.03. The first-order chi connectivity index (χ1) is 8.92. The molecule has 0 heterocycles. The minimum Gasteiger partial charge on any atom is -0.293 e. The number of carbonyl (C=O) groups is 1. The van der Waals surface area contributed by atoms with Crippen molar-refractivity contribution in [2.75, 3.05) is 19.0 Å². The van der Waals surface area contributed by atoms with E-state index in [-0.39, 0.29) is 12.1 Å². The summed E-state index contributed by atoms with van der Waals surface area (Å²) < 4.78 is 1.88. The van der Waals surface area contributed by atoms with Crippen molar-refractivity contribution in [2.24, 2.45) is 0 Å². The van der Waals surface area contributed by atoms with Gasteiger partial charge in [0.1, 0.15) is 0 Å². The largest absolute Gasteiger partial charge is 0.293 e. The molecule has 3 nitrogen and oxygen atoms in total. The minimum absolute atomic E-state index is 0.00132. The molecule has 0 aliphatic carbocycles. The van der Waals surface area contributed by atoms with Gasteiger partial charge in [-0.25, -0.2) is 0 Å². The molecule has 0 aliphatic heterocycles. The Bertz CT molecular complexity index is 475. The molecule has 19 heavy (non-hydrogen) atoms. The van der Waals surface area contributed by atoms with Gasteiger partial charge in [-0.05, 0) is 76.7 Å². The fourth-order valence-corrected chi connectivity index (χ4v) is 2.57. The van der Waals surface area contributed by atoms with Crippen molar-refractivity contribution in [3.8, 4) is 0 Å². The molecule has 0 saturated heterocycles. The second-order valence-corrected chi connectivity index (χ2v) is 6.07. The second kappa shape index (κ2) is 7.22. The lowest BCUT2D eigenvalue weighted by atomic mass is 10.2. The first-order valence-corrected chi connectivity index (χ1v) is 7.58.